The molecule has 2 aromatic carbocycles. The summed E-state index contributed by atoms with van der Waals surface area (Å²) in [5.74, 6) is -0.0692. The summed E-state index contributed by atoms with van der Waals surface area (Å²) >= 11 is 0. The number of carbonyl (C=O) groups excluding carboxylic acids is 1. The Morgan fingerprint density at radius 2 is 1.94 bits per heavy atom. The van der Waals surface area contributed by atoms with Crippen LogP contribution in [0, 0.1) is 31.0 Å². The maximum Gasteiger partial charge on any atom is 0.251 e. The minimum Gasteiger partial charge on any atom is -0.343 e. The predicted molar refractivity (Wildman–Crippen MR) is 137 cm³/mol. The molecule has 4 aromatic rings. The maximum atomic E-state index is 13.8. The van der Waals surface area contributed by atoms with E-state index >= 15 is 0 Å². The number of nitrogens with one attached hydrogen (secondary N) is 2. The third-order valence-electron chi connectivity index (χ3n) is 6.82. The van der Waals surface area contributed by atoms with Crippen molar-refractivity contribution in [2.75, 3.05) is 0 Å². The minimum absolute atomic E-state index is 0.139. The first-order valence-electron chi connectivity index (χ1n) is 12.2. The highest BCUT2D eigenvalue weighted by atomic mass is 19.1. The fraction of sp³-hybridized carbons (Fsp3) is 0.276. The molecule has 0 unspecified atom stereocenters. The third kappa shape index (κ3) is 5.00. The first-order valence-corrected chi connectivity index (χ1v) is 12.2. The van der Waals surface area contributed by atoms with Gasteiger partial charge >= 0.3 is 0 Å². The number of hydrogen-bond donors (Lipinski definition) is 2. The second-order valence-corrected chi connectivity index (χ2v) is 9.79. The molecular formula is C29H30FN5O. The van der Waals surface area contributed by atoms with Gasteiger partial charge in [0.05, 0.1) is 18.3 Å². The van der Waals surface area contributed by atoms with Crippen molar-refractivity contribution >= 4 is 5.91 Å². The Bertz CT molecular complexity index is 1500. The lowest BCUT2D eigenvalue weighted by atomic mass is 9.95. The average molecular weight is 484 g/mol. The highest BCUT2D eigenvalue weighted by Crippen LogP contribution is 2.40. The van der Waals surface area contributed by atoms with Crippen molar-refractivity contribution in [1.29, 1.82) is 5.41 Å². The van der Waals surface area contributed by atoms with Crippen LogP contribution < -0.4 is 10.9 Å². The molecule has 0 radical (unpaired) electrons. The molecule has 0 spiro atoms. The Morgan fingerprint density at radius 1 is 1.14 bits per heavy atom. The number of rotatable bonds is 7. The minimum atomic E-state index is -0.290. The average Bonchev–Trinajstić information content (AvgIpc) is 3.64. The van der Waals surface area contributed by atoms with Gasteiger partial charge in [0, 0.05) is 31.2 Å². The molecule has 1 saturated carbocycles. The van der Waals surface area contributed by atoms with Gasteiger partial charge in [-0.2, -0.15) is 0 Å². The first-order chi connectivity index (χ1) is 17.3. The van der Waals surface area contributed by atoms with Crippen LogP contribution in [0.2, 0.25) is 0 Å². The van der Waals surface area contributed by atoms with Gasteiger partial charge in [-0.05, 0) is 103 Å². The molecule has 0 bridgehead atoms. The fourth-order valence-electron chi connectivity index (χ4n) is 4.69. The Morgan fingerprint density at radius 3 is 2.61 bits per heavy atom. The van der Waals surface area contributed by atoms with Crippen LogP contribution in [-0.2, 0) is 13.6 Å². The molecule has 0 aliphatic heterocycles. The van der Waals surface area contributed by atoms with Crippen molar-refractivity contribution in [1.82, 2.24) is 19.4 Å². The van der Waals surface area contributed by atoms with E-state index in [2.05, 4.69) is 10.3 Å². The molecule has 1 amide bonds. The second kappa shape index (κ2) is 9.57. The fourth-order valence-corrected chi connectivity index (χ4v) is 4.69. The van der Waals surface area contributed by atoms with Crippen molar-refractivity contribution in [2.45, 2.75) is 39.3 Å². The van der Waals surface area contributed by atoms with Gasteiger partial charge in [-0.3, -0.25) is 15.2 Å². The van der Waals surface area contributed by atoms with Crippen LogP contribution in [-0.4, -0.2) is 20.0 Å². The smallest absolute Gasteiger partial charge is 0.251 e. The van der Waals surface area contributed by atoms with Gasteiger partial charge in [-0.15, -0.1) is 0 Å². The molecular weight excluding hydrogens is 453 g/mol. The Hall–Kier alpha value is -4.00. The van der Waals surface area contributed by atoms with Crippen LogP contribution in [0.1, 0.15) is 51.6 Å². The van der Waals surface area contributed by atoms with E-state index in [0.29, 0.717) is 23.6 Å². The normalized spacial score (nSPS) is 14.0. The van der Waals surface area contributed by atoms with E-state index in [1.54, 1.807) is 16.8 Å². The second-order valence-electron chi connectivity index (χ2n) is 9.79. The molecule has 2 N–H and O–H groups in total. The van der Waals surface area contributed by atoms with Gasteiger partial charge in [-0.25, -0.2) is 4.39 Å². The Labute approximate surface area is 210 Å². The summed E-state index contributed by atoms with van der Waals surface area (Å²) in [5.41, 5.74) is 6.30. The molecule has 7 heteroatoms. The summed E-state index contributed by atoms with van der Waals surface area (Å²) in [7, 11) is 1.83. The summed E-state index contributed by atoms with van der Waals surface area (Å²) in [6.45, 7) is 4.34. The third-order valence-corrected chi connectivity index (χ3v) is 6.82. The molecule has 1 atom stereocenters. The summed E-state index contributed by atoms with van der Waals surface area (Å²) in [6.07, 6.45) is 7.61. The van der Waals surface area contributed by atoms with Crippen LogP contribution in [0.4, 0.5) is 4.39 Å². The van der Waals surface area contributed by atoms with Crippen molar-refractivity contribution in [3.8, 4) is 11.1 Å². The Kier molecular flexibility index (Phi) is 6.31. The van der Waals surface area contributed by atoms with Gasteiger partial charge in [0.25, 0.3) is 5.91 Å². The lowest BCUT2D eigenvalue weighted by Gasteiger charge is -2.19. The first kappa shape index (κ1) is 23.7. The van der Waals surface area contributed by atoms with E-state index in [9.17, 15) is 9.18 Å². The van der Waals surface area contributed by atoms with Crippen LogP contribution in [0.3, 0.4) is 0 Å². The van der Waals surface area contributed by atoms with Crippen molar-refractivity contribution in [3.63, 3.8) is 0 Å². The summed E-state index contributed by atoms with van der Waals surface area (Å²) < 4.78 is 17.4. The number of imidazole rings is 1. The number of amides is 1. The lowest BCUT2D eigenvalue weighted by Crippen LogP contribution is -2.30. The monoisotopic (exact) mass is 483 g/mol. The van der Waals surface area contributed by atoms with Gasteiger partial charge in [0.15, 0.2) is 0 Å². The van der Waals surface area contributed by atoms with Gasteiger partial charge in [0.2, 0.25) is 5.62 Å². The van der Waals surface area contributed by atoms with Crippen molar-refractivity contribution in [3.05, 3.63) is 107 Å². The lowest BCUT2D eigenvalue weighted by molar-refractivity contribution is 0.0930. The number of nitrogens with zero attached hydrogens (tertiary/aromatic N) is 3. The zero-order chi connectivity index (χ0) is 25.4. The van der Waals surface area contributed by atoms with Crippen LogP contribution >= 0.6 is 0 Å². The van der Waals surface area contributed by atoms with Crippen molar-refractivity contribution < 1.29 is 9.18 Å². The largest absolute Gasteiger partial charge is 0.343 e. The van der Waals surface area contributed by atoms with Gasteiger partial charge in [-0.1, -0.05) is 6.07 Å². The van der Waals surface area contributed by atoms with Crippen LogP contribution in [0.15, 0.2) is 67.1 Å². The van der Waals surface area contributed by atoms with Gasteiger partial charge in [0.1, 0.15) is 5.82 Å². The van der Waals surface area contributed by atoms with E-state index < -0.39 is 0 Å². The number of pyridine rings is 1. The number of aromatic nitrogens is 3. The van der Waals surface area contributed by atoms with Crippen molar-refractivity contribution in [2.24, 2.45) is 13.0 Å². The number of halogens is 1. The summed E-state index contributed by atoms with van der Waals surface area (Å²) in [4.78, 5) is 18.1. The molecule has 2 heterocycles. The molecule has 6 nitrogen and oxygen atoms in total. The molecule has 1 aliphatic rings. The highest BCUT2D eigenvalue weighted by Gasteiger charge is 2.34. The SMILES string of the molecule is Cc1ccnc([C@@H](NC(=O)c2cc(Cn3ccn(C)c3=N)cc(-c3ccc(F)cc3C)c2)C2CC2)c1. The number of benzene rings is 2. The summed E-state index contributed by atoms with van der Waals surface area (Å²) in [5, 5.41) is 11.5. The predicted octanol–water partition coefficient (Wildman–Crippen LogP) is 5.05. The quantitative estimate of drug-likeness (QED) is 0.386. The number of aryl methyl sites for hydroxylation is 3. The number of carbonyl (C=O) groups is 1. The Balaban J connectivity index is 1.53. The molecule has 184 valence electrons. The van der Waals surface area contributed by atoms with Gasteiger partial charge < -0.3 is 14.5 Å². The summed E-state index contributed by atoms with van der Waals surface area (Å²) in [6, 6.07) is 14.3. The molecule has 1 aliphatic carbocycles. The zero-order valence-corrected chi connectivity index (χ0v) is 20.8. The van der Waals surface area contributed by atoms with E-state index in [1.165, 1.54) is 12.1 Å². The molecule has 36 heavy (non-hydrogen) atoms. The van der Waals surface area contributed by atoms with E-state index in [-0.39, 0.29) is 17.8 Å². The molecule has 2 aromatic heterocycles. The molecule has 5 rings (SSSR count). The molecule has 0 saturated heterocycles. The number of hydrogen-bond acceptors (Lipinski definition) is 3. The van der Waals surface area contributed by atoms with Crippen LogP contribution in [0.5, 0.6) is 0 Å². The highest BCUT2D eigenvalue weighted by molar-refractivity contribution is 5.96. The molecule has 1 fully saturated rings. The van der Waals surface area contributed by atoms with E-state index in [4.69, 9.17) is 5.41 Å². The maximum absolute atomic E-state index is 13.8. The van der Waals surface area contributed by atoms with Crippen LogP contribution in [0.25, 0.3) is 11.1 Å². The topological polar surface area (TPSA) is 75.7 Å². The van der Waals surface area contributed by atoms with E-state index in [0.717, 1.165) is 46.4 Å². The zero-order valence-electron chi connectivity index (χ0n) is 20.8. The standard InChI is InChI=1S/C29H30FN5O/c1-18-8-9-32-26(12-18)27(21-4-5-21)33-28(36)23-15-20(17-35-11-10-34(3)29(35)31)14-22(16-23)25-7-6-24(30)13-19(25)2/h6-16,21,27,31H,4-5,17H2,1-3H3,(H,33,36)/t27-/m0/s1. The van der Waals surface area contributed by atoms with E-state index in [1.807, 2.05) is 68.2 Å².